The van der Waals surface area contributed by atoms with Gasteiger partial charge in [0.15, 0.2) is 0 Å². The highest BCUT2D eigenvalue weighted by Crippen LogP contribution is 2.21. The van der Waals surface area contributed by atoms with Crippen molar-refractivity contribution in [3.8, 4) is 11.8 Å². The highest BCUT2D eigenvalue weighted by Gasteiger charge is 2.16. The van der Waals surface area contributed by atoms with Gasteiger partial charge in [0.1, 0.15) is 17.4 Å². The Morgan fingerprint density at radius 1 is 1.14 bits per heavy atom. The Morgan fingerprint density at radius 3 is 2.43 bits per heavy atom. The third-order valence-electron chi connectivity index (χ3n) is 4.62. The first-order valence-corrected chi connectivity index (χ1v) is 8.92. The van der Waals surface area contributed by atoms with E-state index in [2.05, 4.69) is 5.10 Å². The van der Waals surface area contributed by atoms with Crippen molar-refractivity contribution in [3.63, 3.8) is 0 Å². The lowest BCUT2D eigenvalue weighted by atomic mass is 10.0. The van der Waals surface area contributed by atoms with Gasteiger partial charge in [-0.15, -0.1) is 0 Å². The minimum absolute atomic E-state index is 0.0793. The van der Waals surface area contributed by atoms with Crippen LogP contribution in [0.3, 0.4) is 0 Å². The maximum atomic E-state index is 12.7. The second-order valence-electron chi connectivity index (χ2n) is 6.46. The van der Waals surface area contributed by atoms with Crippen LogP contribution in [0.15, 0.2) is 60.2 Å². The van der Waals surface area contributed by atoms with Crippen LogP contribution in [-0.2, 0) is 6.54 Å². The van der Waals surface area contributed by atoms with Gasteiger partial charge in [-0.05, 0) is 49.8 Å². The van der Waals surface area contributed by atoms with Crippen LogP contribution in [0.4, 0.5) is 0 Å². The lowest BCUT2D eigenvalue weighted by molar-refractivity contribution is 0.104. The second kappa shape index (κ2) is 8.36. The molecular formula is C23H21N3O2. The van der Waals surface area contributed by atoms with Crippen molar-refractivity contribution in [2.45, 2.75) is 20.4 Å². The van der Waals surface area contributed by atoms with Crippen LogP contribution in [0.25, 0.3) is 6.08 Å². The summed E-state index contributed by atoms with van der Waals surface area (Å²) in [5.41, 5.74) is 4.16. The number of rotatable bonds is 6. The topological polar surface area (TPSA) is 67.9 Å². The molecule has 1 heterocycles. The monoisotopic (exact) mass is 371 g/mol. The van der Waals surface area contributed by atoms with Crippen LogP contribution in [0.5, 0.6) is 5.75 Å². The van der Waals surface area contributed by atoms with Crippen LogP contribution in [-0.4, -0.2) is 22.7 Å². The number of carbonyl (C=O) groups excluding carboxylic acids is 1. The van der Waals surface area contributed by atoms with Gasteiger partial charge in [0, 0.05) is 16.8 Å². The average molecular weight is 371 g/mol. The van der Waals surface area contributed by atoms with E-state index in [1.165, 1.54) is 0 Å². The second-order valence-corrected chi connectivity index (χ2v) is 6.46. The molecule has 0 atom stereocenters. The number of aromatic nitrogens is 2. The van der Waals surface area contributed by atoms with Crippen LogP contribution in [0, 0.1) is 25.2 Å². The molecular weight excluding hydrogens is 350 g/mol. The maximum absolute atomic E-state index is 12.7. The van der Waals surface area contributed by atoms with Gasteiger partial charge in [0.05, 0.1) is 19.3 Å². The Kier molecular flexibility index (Phi) is 5.71. The third kappa shape index (κ3) is 4.02. The Bertz CT molecular complexity index is 1060. The molecule has 0 radical (unpaired) electrons. The normalized spacial score (nSPS) is 11.1. The first-order valence-electron chi connectivity index (χ1n) is 8.92. The van der Waals surface area contributed by atoms with Crippen LogP contribution < -0.4 is 4.74 Å². The number of Topliss-reactive ketones (excluding diaryl/α,β-unsaturated/α-hetero) is 1. The lowest BCUT2D eigenvalue weighted by Crippen LogP contribution is -2.04. The average Bonchev–Trinajstić information content (AvgIpc) is 2.99. The van der Waals surface area contributed by atoms with Gasteiger partial charge in [0.2, 0.25) is 5.78 Å². The molecule has 0 bridgehead atoms. The van der Waals surface area contributed by atoms with Crippen molar-refractivity contribution in [2.24, 2.45) is 0 Å². The predicted molar refractivity (Wildman–Crippen MR) is 108 cm³/mol. The van der Waals surface area contributed by atoms with Gasteiger partial charge in [-0.3, -0.25) is 9.48 Å². The Morgan fingerprint density at radius 2 is 1.82 bits per heavy atom. The number of methoxy groups -OCH3 is 1. The molecule has 0 unspecified atom stereocenters. The molecule has 0 saturated carbocycles. The number of hydrogen-bond acceptors (Lipinski definition) is 4. The van der Waals surface area contributed by atoms with Crippen LogP contribution in [0.2, 0.25) is 0 Å². The number of hydrogen-bond donors (Lipinski definition) is 0. The zero-order valence-electron chi connectivity index (χ0n) is 16.1. The summed E-state index contributed by atoms with van der Waals surface area (Å²) in [5, 5.41) is 14.1. The van der Waals surface area contributed by atoms with Crippen molar-refractivity contribution in [3.05, 3.63) is 88.2 Å². The predicted octanol–water partition coefficient (Wildman–Crippen LogP) is 4.35. The highest BCUT2D eigenvalue weighted by atomic mass is 16.5. The largest absolute Gasteiger partial charge is 0.497 e. The fourth-order valence-electron chi connectivity index (χ4n) is 3.02. The summed E-state index contributed by atoms with van der Waals surface area (Å²) in [5.74, 6) is 0.340. The summed E-state index contributed by atoms with van der Waals surface area (Å²) >= 11 is 0. The van der Waals surface area contributed by atoms with Crippen molar-refractivity contribution >= 4 is 11.9 Å². The Balaban J connectivity index is 1.92. The number of benzene rings is 2. The molecule has 0 saturated heterocycles. The van der Waals surface area contributed by atoms with Crippen molar-refractivity contribution in [2.75, 3.05) is 7.11 Å². The molecule has 0 amide bonds. The van der Waals surface area contributed by atoms with E-state index < -0.39 is 0 Å². The number of carbonyl (C=O) groups is 1. The van der Waals surface area contributed by atoms with Gasteiger partial charge in [0.25, 0.3) is 0 Å². The SMILES string of the molecule is COc1ccc(C(=O)/C(C#N)=C/c2c(C)nn(Cc3ccccc3)c2C)cc1. The minimum atomic E-state index is -0.320. The molecule has 2 aromatic carbocycles. The summed E-state index contributed by atoms with van der Waals surface area (Å²) in [4.78, 5) is 12.7. The molecule has 0 aliphatic rings. The van der Waals surface area contributed by atoms with E-state index in [0.29, 0.717) is 17.9 Å². The number of nitriles is 1. The fraction of sp³-hybridized carbons (Fsp3) is 0.174. The quantitative estimate of drug-likeness (QED) is 0.367. The first kappa shape index (κ1) is 19.1. The summed E-state index contributed by atoms with van der Waals surface area (Å²) in [6.45, 7) is 4.46. The summed E-state index contributed by atoms with van der Waals surface area (Å²) < 4.78 is 7.00. The van der Waals surface area contributed by atoms with Crippen molar-refractivity contribution in [1.29, 1.82) is 5.26 Å². The van der Waals surface area contributed by atoms with E-state index in [0.717, 1.165) is 22.5 Å². The molecule has 3 rings (SSSR count). The van der Waals surface area contributed by atoms with E-state index in [4.69, 9.17) is 4.74 Å². The maximum Gasteiger partial charge on any atom is 0.203 e. The molecule has 0 fully saturated rings. The zero-order chi connectivity index (χ0) is 20.1. The van der Waals surface area contributed by atoms with Crippen molar-refractivity contribution in [1.82, 2.24) is 9.78 Å². The standard InChI is InChI=1S/C23H21N3O2/c1-16-22(17(2)26(25-16)15-18-7-5-4-6-8-18)13-20(14-24)23(27)19-9-11-21(28-3)12-10-19/h4-13H,15H2,1-3H3/b20-13+. The molecule has 28 heavy (non-hydrogen) atoms. The molecule has 3 aromatic rings. The molecule has 0 N–H and O–H groups in total. The number of ketones is 1. The number of ether oxygens (including phenoxy) is 1. The van der Waals surface area contributed by atoms with Crippen LogP contribution >= 0.6 is 0 Å². The molecule has 5 nitrogen and oxygen atoms in total. The van der Waals surface area contributed by atoms with E-state index in [9.17, 15) is 10.1 Å². The zero-order valence-corrected chi connectivity index (χ0v) is 16.1. The van der Waals surface area contributed by atoms with E-state index in [1.54, 1.807) is 37.5 Å². The van der Waals surface area contributed by atoms with Crippen LogP contribution in [0.1, 0.15) is 32.9 Å². The minimum Gasteiger partial charge on any atom is -0.497 e. The van der Waals surface area contributed by atoms with Gasteiger partial charge >= 0.3 is 0 Å². The fourth-order valence-corrected chi connectivity index (χ4v) is 3.02. The van der Waals surface area contributed by atoms with Gasteiger partial charge in [-0.25, -0.2) is 0 Å². The van der Waals surface area contributed by atoms with Gasteiger partial charge in [-0.1, -0.05) is 30.3 Å². The molecule has 1 aromatic heterocycles. The van der Waals surface area contributed by atoms with E-state index in [1.807, 2.05) is 54.9 Å². The van der Waals surface area contributed by atoms with E-state index >= 15 is 0 Å². The first-order chi connectivity index (χ1) is 13.5. The molecule has 0 spiro atoms. The van der Waals surface area contributed by atoms with Gasteiger partial charge < -0.3 is 4.74 Å². The van der Waals surface area contributed by atoms with Crippen molar-refractivity contribution < 1.29 is 9.53 Å². The Labute approximate surface area is 164 Å². The lowest BCUT2D eigenvalue weighted by Gasteiger charge is -2.05. The smallest absolute Gasteiger partial charge is 0.203 e. The summed E-state index contributed by atoms with van der Waals surface area (Å²) in [6, 6.07) is 18.8. The van der Waals surface area contributed by atoms with E-state index in [-0.39, 0.29) is 11.4 Å². The number of allylic oxidation sites excluding steroid dienone is 1. The number of nitrogens with zero attached hydrogens (tertiary/aromatic N) is 3. The molecule has 0 aliphatic carbocycles. The molecule has 5 heteroatoms. The third-order valence-corrected chi connectivity index (χ3v) is 4.62. The molecule has 140 valence electrons. The molecule has 0 aliphatic heterocycles. The number of aryl methyl sites for hydroxylation is 1. The summed E-state index contributed by atoms with van der Waals surface area (Å²) in [7, 11) is 1.57. The Hall–Kier alpha value is -3.65. The van der Waals surface area contributed by atoms with Gasteiger partial charge in [-0.2, -0.15) is 10.4 Å². The summed E-state index contributed by atoms with van der Waals surface area (Å²) in [6.07, 6.45) is 1.63. The highest BCUT2D eigenvalue weighted by molar-refractivity contribution is 6.14.